The topological polar surface area (TPSA) is 79.4 Å². The van der Waals surface area contributed by atoms with Crippen LogP contribution in [0.1, 0.15) is 31.4 Å². The van der Waals surface area contributed by atoms with Crippen LogP contribution in [-0.2, 0) is 4.79 Å². The van der Waals surface area contributed by atoms with E-state index in [9.17, 15) is 4.79 Å². The summed E-state index contributed by atoms with van der Waals surface area (Å²) >= 11 is 12.6. The van der Waals surface area contributed by atoms with Crippen LogP contribution in [-0.4, -0.2) is 58.7 Å². The van der Waals surface area contributed by atoms with Gasteiger partial charge in [0, 0.05) is 28.8 Å². The van der Waals surface area contributed by atoms with E-state index in [-0.39, 0.29) is 24.2 Å². The summed E-state index contributed by atoms with van der Waals surface area (Å²) in [7, 11) is 0. The van der Waals surface area contributed by atoms with Gasteiger partial charge in [0.25, 0.3) is 0 Å². The minimum Gasteiger partial charge on any atom is -0.366 e. The molecule has 2 saturated heterocycles. The molecule has 3 N–H and O–H groups in total. The molecule has 3 heterocycles. The van der Waals surface area contributed by atoms with Gasteiger partial charge >= 0.3 is 0 Å². The van der Waals surface area contributed by atoms with Crippen molar-refractivity contribution in [1.82, 2.24) is 19.8 Å². The first-order valence-corrected chi connectivity index (χ1v) is 12.1. The predicted octanol–water partition coefficient (Wildman–Crippen LogP) is 3.64. The van der Waals surface area contributed by atoms with Crippen molar-refractivity contribution in [2.45, 2.75) is 38.0 Å². The molecule has 0 saturated carbocycles. The van der Waals surface area contributed by atoms with E-state index in [0.29, 0.717) is 23.1 Å². The Kier molecular flexibility index (Phi) is 6.22. The molecule has 0 aliphatic carbocycles. The third-order valence-corrected chi connectivity index (χ3v) is 7.38. The highest BCUT2D eigenvalue weighted by Gasteiger charge is 2.33. The Morgan fingerprint density at radius 1 is 1.21 bits per heavy atom. The SMILES string of the molecule is CC(c1ccc(Cl)cc1Cl)n1cnc2ccc(N3CCN(C(=O)C4CCCN4)[C@@H](N)C3)cc21. The monoisotopic (exact) mass is 486 g/mol. The normalized spacial score (nSPS) is 22.2. The van der Waals surface area contributed by atoms with E-state index in [0.717, 1.165) is 48.2 Å². The van der Waals surface area contributed by atoms with Crippen LogP contribution >= 0.6 is 23.2 Å². The third-order valence-electron chi connectivity index (χ3n) is 6.81. The Bertz CT molecular complexity index is 1170. The van der Waals surface area contributed by atoms with E-state index in [4.69, 9.17) is 28.9 Å². The second-order valence-corrected chi connectivity index (χ2v) is 9.70. The van der Waals surface area contributed by atoms with Crippen molar-refractivity contribution in [2.75, 3.05) is 31.1 Å². The molecule has 1 amide bonds. The average molecular weight is 487 g/mol. The molecule has 174 valence electrons. The minimum absolute atomic E-state index is 0.00865. The number of anilines is 1. The number of benzene rings is 2. The molecule has 9 heteroatoms. The zero-order valence-corrected chi connectivity index (χ0v) is 20.1. The Labute approximate surface area is 203 Å². The lowest BCUT2D eigenvalue weighted by Gasteiger charge is -2.41. The van der Waals surface area contributed by atoms with E-state index in [1.165, 1.54) is 0 Å². The van der Waals surface area contributed by atoms with Crippen LogP contribution in [0, 0.1) is 0 Å². The third kappa shape index (κ3) is 4.30. The van der Waals surface area contributed by atoms with E-state index in [2.05, 4.69) is 38.8 Å². The quantitative estimate of drug-likeness (QED) is 0.588. The van der Waals surface area contributed by atoms with Gasteiger partial charge in [0.2, 0.25) is 5.91 Å². The highest BCUT2D eigenvalue weighted by molar-refractivity contribution is 6.35. The lowest BCUT2D eigenvalue weighted by molar-refractivity contribution is -0.135. The lowest BCUT2D eigenvalue weighted by atomic mass is 10.1. The van der Waals surface area contributed by atoms with Crippen LogP contribution in [0.5, 0.6) is 0 Å². The van der Waals surface area contributed by atoms with Crippen molar-refractivity contribution in [3.8, 4) is 0 Å². The van der Waals surface area contributed by atoms with Gasteiger partial charge in [0.1, 0.15) is 0 Å². The first-order valence-electron chi connectivity index (χ1n) is 11.4. The Hall–Kier alpha value is -2.32. The molecule has 1 aromatic heterocycles. The molecule has 2 unspecified atom stereocenters. The number of nitrogens with two attached hydrogens (primary N) is 1. The van der Waals surface area contributed by atoms with Gasteiger partial charge in [-0.25, -0.2) is 4.98 Å². The summed E-state index contributed by atoms with van der Waals surface area (Å²) in [6, 6.07) is 11.7. The number of imidazole rings is 1. The van der Waals surface area contributed by atoms with E-state index >= 15 is 0 Å². The van der Waals surface area contributed by atoms with Gasteiger partial charge in [0.05, 0.1) is 42.2 Å². The van der Waals surface area contributed by atoms with Crippen molar-refractivity contribution >= 4 is 45.8 Å². The zero-order chi connectivity index (χ0) is 23.1. The predicted molar refractivity (Wildman–Crippen MR) is 133 cm³/mol. The number of rotatable bonds is 4. The van der Waals surface area contributed by atoms with Crippen LogP contribution in [0.15, 0.2) is 42.7 Å². The number of nitrogens with one attached hydrogen (secondary N) is 1. The van der Waals surface area contributed by atoms with Gasteiger partial charge in [-0.3, -0.25) is 4.79 Å². The largest absolute Gasteiger partial charge is 0.366 e. The highest BCUT2D eigenvalue weighted by Crippen LogP contribution is 2.32. The number of hydrogen-bond donors (Lipinski definition) is 2. The van der Waals surface area contributed by atoms with Gasteiger partial charge in [-0.2, -0.15) is 0 Å². The summed E-state index contributed by atoms with van der Waals surface area (Å²) in [5.41, 5.74) is 10.4. The van der Waals surface area contributed by atoms with Crippen LogP contribution in [0.2, 0.25) is 10.0 Å². The van der Waals surface area contributed by atoms with Gasteiger partial charge < -0.3 is 25.4 Å². The lowest BCUT2D eigenvalue weighted by Crippen LogP contribution is -2.61. The number of fused-ring (bicyclic) bond motifs is 1. The summed E-state index contributed by atoms with van der Waals surface area (Å²) < 4.78 is 2.12. The van der Waals surface area contributed by atoms with Crippen LogP contribution in [0.3, 0.4) is 0 Å². The number of hydrogen-bond acceptors (Lipinski definition) is 5. The van der Waals surface area contributed by atoms with Gasteiger partial charge in [-0.05, 0) is 62.2 Å². The summed E-state index contributed by atoms with van der Waals surface area (Å²) in [5.74, 6) is 0.127. The van der Waals surface area contributed by atoms with E-state index < -0.39 is 0 Å². The average Bonchev–Trinajstić information content (AvgIpc) is 3.48. The fourth-order valence-corrected chi connectivity index (χ4v) is 5.49. The molecule has 2 fully saturated rings. The molecule has 3 atom stereocenters. The molecule has 2 aromatic carbocycles. The number of halogens is 2. The van der Waals surface area contributed by atoms with Crippen molar-refractivity contribution in [2.24, 2.45) is 5.73 Å². The summed E-state index contributed by atoms with van der Waals surface area (Å²) in [6.45, 7) is 4.95. The maximum absolute atomic E-state index is 12.8. The minimum atomic E-state index is -0.332. The number of carbonyl (C=O) groups excluding carboxylic acids is 1. The Balaban J connectivity index is 1.37. The maximum atomic E-state index is 12.8. The number of piperazine rings is 1. The summed E-state index contributed by atoms with van der Waals surface area (Å²) in [4.78, 5) is 21.5. The second-order valence-electron chi connectivity index (χ2n) is 8.86. The molecule has 5 rings (SSSR count). The van der Waals surface area contributed by atoms with Crippen molar-refractivity contribution in [3.63, 3.8) is 0 Å². The first kappa shape index (κ1) is 22.5. The molecular weight excluding hydrogens is 459 g/mol. The number of amides is 1. The van der Waals surface area contributed by atoms with Crippen LogP contribution < -0.4 is 16.0 Å². The molecule has 3 aromatic rings. The van der Waals surface area contributed by atoms with Gasteiger partial charge in [-0.15, -0.1) is 0 Å². The second kappa shape index (κ2) is 9.14. The van der Waals surface area contributed by atoms with Crippen molar-refractivity contribution in [1.29, 1.82) is 0 Å². The van der Waals surface area contributed by atoms with Gasteiger partial charge in [-0.1, -0.05) is 29.3 Å². The fraction of sp³-hybridized carbons (Fsp3) is 0.417. The Morgan fingerprint density at radius 2 is 2.06 bits per heavy atom. The van der Waals surface area contributed by atoms with Crippen LogP contribution in [0.4, 0.5) is 5.69 Å². The van der Waals surface area contributed by atoms with E-state index in [1.807, 2.05) is 29.4 Å². The highest BCUT2D eigenvalue weighted by atomic mass is 35.5. The van der Waals surface area contributed by atoms with Crippen molar-refractivity contribution in [3.05, 3.63) is 58.3 Å². The molecular formula is C24H28Cl2N6O. The standard InChI is InChI=1S/C24H28Cl2N6O/c1-15(18-6-4-16(25)11-19(18)26)32-14-29-20-7-5-17(12-22(20)32)30-9-10-31(23(27)13-30)24(33)21-3-2-8-28-21/h4-7,11-12,14-15,21,23,28H,2-3,8-10,13,27H2,1H3/t15?,21?,23-/m1/s1. The molecule has 33 heavy (non-hydrogen) atoms. The molecule has 2 aliphatic rings. The maximum Gasteiger partial charge on any atom is 0.241 e. The molecule has 0 bridgehead atoms. The summed E-state index contributed by atoms with van der Waals surface area (Å²) in [6.07, 6.45) is 3.45. The van der Waals surface area contributed by atoms with E-state index in [1.54, 1.807) is 6.07 Å². The molecule has 0 spiro atoms. The number of carbonyl (C=O) groups is 1. The van der Waals surface area contributed by atoms with Crippen LogP contribution in [0.25, 0.3) is 11.0 Å². The number of aromatic nitrogens is 2. The molecule has 2 aliphatic heterocycles. The van der Waals surface area contributed by atoms with Gasteiger partial charge in [0.15, 0.2) is 0 Å². The molecule has 7 nitrogen and oxygen atoms in total. The fourth-order valence-electron chi connectivity index (χ4n) is 4.92. The zero-order valence-electron chi connectivity index (χ0n) is 18.5. The molecule has 0 radical (unpaired) electrons. The first-order chi connectivity index (χ1) is 15.9. The smallest absolute Gasteiger partial charge is 0.241 e. The van der Waals surface area contributed by atoms with Crippen molar-refractivity contribution < 1.29 is 4.79 Å². The summed E-state index contributed by atoms with van der Waals surface area (Å²) in [5, 5.41) is 4.54. The Morgan fingerprint density at radius 3 is 2.79 bits per heavy atom. The number of nitrogens with zero attached hydrogens (tertiary/aromatic N) is 4.